The van der Waals surface area contributed by atoms with Gasteiger partial charge in [0.05, 0.1) is 31.9 Å². The van der Waals surface area contributed by atoms with Gasteiger partial charge in [-0.3, -0.25) is 0 Å². The fourth-order valence-electron chi connectivity index (χ4n) is 2.79. The minimum absolute atomic E-state index is 0.00149. The zero-order valence-corrected chi connectivity index (χ0v) is 16.5. The van der Waals surface area contributed by atoms with Crippen molar-refractivity contribution in [2.75, 3.05) is 40.8 Å². The summed E-state index contributed by atoms with van der Waals surface area (Å²) in [6.45, 7) is 14.8. The second-order valence-corrected chi connectivity index (χ2v) is 11.3. The summed E-state index contributed by atoms with van der Waals surface area (Å²) in [6.07, 6.45) is 1.55. The summed E-state index contributed by atoms with van der Waals surface area (Å²) < 4.78 is 27.3. The predicted octanol–water partition coefficient (Wildman–Crippen LogP) is 2.95. The van der Waals surface area contributed by atoms with Crippen LogP contribution in [0.1, 0.15) is 54.4 Å². The highest BCUT2D eigenvalue weighted by molar-refractivity contribution is 7.90. The third-order valence-electron chi connectivity index (χ3n) is 4.16. The third-order valence-corrected chi connectivity index (χ3v) is 6.70. The van der Waals surface area contributed by atoms with Crippen LogP contribution in [0.5, 0.6) is 0 Å². The van der Waals surface area contributed by atoms with Crippen molar-refractivity contribution in [3.8, 4) is 0 Å². The van der Waals surface area contributed by atoms with Crippen molar-refractivity contribution in [3.63, 3.8) is 0 Å². The quantitative estimate of drug-likeness (QED) is 0.645. The number of sulfonamides is 1. The molecule has 0 aliphatic rings. The Balaban J connectivity index is 4.77. The first kappa shape index (κ1) is 20.9. The van der Waals surface area contributed by atoms with E-state index in [1.807, 2.05) is 13.8 Å². The molecule has 0 fully saturated rings. The molecule has 0 unspecified atom stereocenters. The van der Waals surface area contributed by atoms with Gasteiger partial charge >= 0.3 is 0 Å². The van der Waals surface area contributed by atoms with Crippen molar-refractivity contribution in [3.05, 3.63) is 0 Å². The van der Waals surface area contributed by atoms with Crippen LogP contribution in [-0.2, 0) is 10.0 Å². The molecule has 0 amide bonds. The molecular weight excluding hydrogens is 284 g/mol. The maximum Gasteiger partial charge on any atom is 0.219 e. The van der Waals surface area contributed by atoms with Crippen LogP contribution in [-0.4, -0.2) is 62.7 Å². The van der Waals surface area contributed by atoms with Crippen LogP contribution in [0.15, 0.2) is 0 Å². The van der Waals surface area contributed by atoms with Crippen molar-refractivity contribution < 1.29 is 12.9 Å². The van der Waals surface area contributed by atoms with E-state index < -0.39 is 14.8 Å². The van der Waals surface area contributed by atoms with Gasteiger partial charge in [-0.15, -0.1) is 0 Å². The molecule has 0 aliphatic carbocycles. The average molecular weight is 322 g/mol. The van der Waals surface area contributed by atoms with E-state index in [0.717, 1.165) is 24.0 Å². The summed E-state index contributed by atoms with van der Waals surface area (Å²) in [4.78, 5) is 0. The Morgan fingerprint density at radius 2 is 1.52 bits per heavy atom. The highest BCUT2D eigenvalue weighted by Crippen LogP contribution is 2.33. The number of hydrogen-bond acceptors (Lipinski definition) is 2. The number of rotatable bonds is 8. The van der Waals surface area contributed by atoms with Gasteiger partial charge in [-0.1, -0.05) is 20.8 Å². The van der Waals surface area contributed by atoms with E-state index in [9.17, 15) is 8.42 Å². The Kier molecular flexibility index (Phi) is 6.92. The first-order valence-corrected chi connectivity index (χ1v) is 9.36. The molecule has 0 saturated carbocycles. The summed E-state index contributed by atoms with van der Waals surface area (Å²) in [5, 5.41) is 0. The van der Waals surface area contributed by atoms with E-state index in [4.69, 9.17) is 0 Å². The summed E-state index contributed by atoms with van der Waals surface area (Å²) in [7, 11) is 2.80. The number of quaternary nitrogens is 1. The molecule has 0 heterocycles. The lowest BCUT2D eigenvalue weighted by Crippen LogP contribution is -2.46. The minimum Gasteiger partial charge on any atom is -0.329 e. The lowest BCUT2D eigenvalue weighted by atomic mass is 9.86. The second-order valence-electron chi connectivity index (χ2n) is 8.65. The van der Waals surface area contributed by atoms with Crippen LogP contribution in [0.4, 0.5) is 0 Å². The van der Waals surface area contributed by atoms with Gasteiger partial charge in [-0.05, 0) is 32.6 Å². The fourth-order valence-corrected chi connectivity index (χ4v) is 4.62. The lowest BCUT2D eigenvalue weighted by Gasteiger charge is -2.35. The summed E-state index contributed by atoms with van der Waals surface area (Å²) in [5.41, 5.74) is -0.00149. The van der Waals surface area contributed by atoms with E-state index in [1.165, 1.54) is 0 Å². The lowest BCUT2D eigenvalue weighted by molar-refractivity contribution is -0.888. The second kappa shape index (κ2) is 6.97. The molecular formula is C16H37N2O2S+. The third kappa shape index (κ3) is 6.66. The highest BCUT2D eigenvalue weighted by atomic mass is 32.2. The molecule has 0 aromatic carbocycles. The van der Waals surface area contributed by atoms with Crippen LogP contribution in [0.2, 0.25) is 0 Å². The van der Waals surface area contributed by atoms with E-state index in [-0.39, 0.29) is 5.41 Å². The van der Waals surface area contributed by atoms with Crippen molar-refractivity contribution >= 4 is 10.0 Å². The number of nitrogens with zero attached hydrogens (tertiary/aromatic N) is 2. The molecule has 0 aromatic heterocycles. The van der Waals surface area contributed by atoms with E-state index in [0.29, 0.717) is 13.0 Å². The maximum atomic E-state index is 12.8. The zero-order valence-electron chi connectivity index (χ0n) is 15.7. The minimum atomic E-state index is -3.27. The normalized spacial score (nSPS) is 14.8. The Labute approximate surface area is 133 Å². The molecule has 0 saturated heterocycles. The van der Waals surface area contributed by atoms with Crippen molar-refractivity contribution in [2.45, 2.75) is 59.1 Å². The van der Waals surface area contributed by atoms with Gasteiger partial charge in [0.25, 0.3) is 0 Å². The Bertz CT molecular complexity index is 420. The SMILES string of the molecule is CC[N+](C)(C)CCCN(C)S(=O)(=O)C(C)(C)CC(C)(C)C. The van der Waals surface area contributed by atoms with Gasteiger partial charge in [0, 0.05) is 20.0 Å². The number of hydrogen-bond donors (Lipinski definition) is 0. The molecule has 0 bridgehead atoms. The average Bonchev–Trinajstić information content (AvgIpc) is 2.25. The van der Waals surface area contributed by atoms with Crippen molar-refractivity contribution in [2.24, 2.45) is 5.41 Å². The van der Waals surface area contributed by atoms with Crippen molar-refractivity contribution in [1.29, 1.82) is 0 Å². The smallest absolute Gasteiger partial charge is 0.219 e. The van der Waals surface area contributed by atoms with Gasteiger partial charge in [0.1, 0.15) is 0 Å². The highest BCUT2D eigenvalue weighted by Gasteiger charge is 2.40. The summed E-state index contributed by atoms with van der Waals surface area (Å²) in [6, 6.07) is 0. The Morgan fingerprint density at radius 1 is 1.05 bits per heavy atom. The van der Waals surface area contributed by atoms with Crippen molar-refractivity contribution in [1.82, 2.24) is 4.31 Å². The monoisotopic (exact) mass is 321 g/mol. The van der Waals surface area contributed by atoms with E-state index >= 15 is 0 Å². The molecule has 0 N–H and O–H groups in total. The molecule has 0 spiro atoms. The van der Waals surface area contributed by atoms with Crippen LogP contribution >= 0.6 is 0 Å². The van der Waals surface area contributed by atoms with Gasteiger partial charge in [0.15, 0.2) is 0 Å². The Morgan fingerprint density at radius 3 is 1.90 bits per heavy atom. The molecule has 0 aromatic rings. The molecule has 0 rings (SSSR count). The first-order chi connectivity index (χ1) is 9.15. The van der Waals surface area contributed by atoms with Crippen LogP contribution in [0.3, 0.4) is 0 Å². The van der Waals surface area contributed by atoms with Crippen LogP contribution in [0, 0.1) is 5.41 Å². The predicted molar refractivity (Wildman–Crippen MR) is 91.8 cm³/mol. The van der Waals surface area contributed by atoms with Crippen LogP contribution in [0.25, 0.3) is 0 Å². The van der Waals surface area contributed by atoms with Gasteiger partial charge in [0.2, 0.25) is 10.0 Å². The zero-order chi connectivity index (χ0) is 17.1. The van der Waals surface area contributed by atoms with Gasteiger partial charge in [-0.25, -0.2) is 12.7 Å². The maximum absolute atomic E-state index is 12.8. The molecule has 0 radical (unpaired) electrons. The first-order valence-electron chi connectivity index (χ1n) is 7.92. The summed E-state index contributed by atoms with van der Waals surface area (Å²) >= 11 is 0. The largest absolute Gasteiger partial charge is 0.329 e. The van der Waals surface area contributed by atoms with E-state index in [1.54, 1.807) is 11.4 Å². The topological polar surface area (TPSA) is 37.4 Å². The molecule has 128 valence electrons. The molecule has 5 heteroatoms. The van der Waals surface area contributed by atoms with E-state index in [2.05, 4.69) is 41.8 Å². The van der Waals surface area contributed by atoms with Gasteiger partial charge in [-0.2, -0.15) is 0 Å². The van der Waals surface area contributed by atoms with Gasteiger partial charge < -0.3 is 4.48 Å². The standard InChI is InChI=1S/C16H37N2O2S/c1-10-18(8,9)13-11-12-17(7)21(19,20)16(5,6)14-15(2,3)4/h10-14H2,1-9H3/q+1. The molecule has 0 atom stereocenters. The Hall–Kier alpha value is -0.130. The molecule has 0 aliphatic heterocycles. The molecule has 4 nitrogen and oxygen atoms in total. The molecule has 21 heavy (non-hydrogen) atoms. The fraction of sp³-hybridized carbons (Fsp3) is 1.00. The van der Waals surface area contributed by atoms with Crippen LogP contribution < -0.4 is 0 Å². The summed E-state index contributed by atoms with van der Waals surface area (Å²) in [5.74, 6) is 0.